The zero-order valence-electron chi connectivity index (χ0n) is 11.8. The van der Waals surface area contributed by atoms with Gasteiger partial charge in [-0.2, -0.15) is 13.2 Å². The van der Waals surface area contributed by atoms with Crippen molar-refractivity contribution in [1.82, 2.24) is 9.97 Å². The van der Waals surface area contributed by atoms with Gasteiger partial charge >= 0.3 is 6.18 Å². The van der Waals surface area contributed by atoms with Crippen LogP contribution in [0.4, 0.5) is 24.8 Å². The summed E-state index contributed by atoms with van der Waals surface area (Å²) in [6.07, 6.45) is -2.01. The van der Waals surface area contributed by atoms with E-state index >= 15 is 0 Å². The zero-order chi connectivity index (χ0) is 16.4. The molecular weight excluding hydrogens is 329 g/mol. The van der Waals surface area contributed by atoms with Gasteiger partial charge in [-0.15, -0.1) is 0 Å². The van der Waals surface area contributed by atoms with Crippen molar-refractivity contribution in [3.05, 3.63) is 46.2 Å². The van der Waals surface area contributed by atoms with Gasteiger partial charge in [0.25, 0.3) is 0 Å². The van der Waals surface area contributed by atoms with Crippen LogP contribution >= 0.6 is 11.6 Å². The maximum Gasteiger partial charge on any atom is 0.420 e. The van der Waals surface area contributed by atoms with Gasteiger partial charge in [0.2, 0.25) is 5.95 Å². The largest absolute Gasteiger partial charge is 0.420 e. The molecule has 0 saturated carbocycles. The maximum atomic E-state index is 12.8. The molecule has 1 aromatic heterocycles. The van der Waals surface area contributed by atoms with E-state index in [1.54, 1.807) is 0 Å². The summed E-state index contributed by atoms with van der Waals surface area (Å²) < 4.78 is 38.4. The number of fused-ring (bicyclic) bond motifs is 5. The Bertz CT molecular complexity index is 793. The average Bonchev–Trinajstić information content (AvgIpc) is 3.02. The van der Waals surface area contributed by atoms with Gasteiger partial charge in [0, 0.05) is 11.9 Å². The Morgan fingerprint density at radius 2 is 1.87 bits per heavy atom. The van der Waals surface area contributed by atoms with Crippen LogP contribution in [0.5, 0.6) is 0 Å². The molecule has 1 aromatic carbocycles. The second-order valence-corrected chi connectivity index (χ2v) is 6.13. The van der Waals surface area contributed by atoms with Crippen LogP contribution in [0.3, 0.4) is 0 Å². The van der Waals surface area contributed by atoms with Crippen molar-refractivity contribution < 1.29 is 13.2 Å². The van der Waals surface area contributed by atoms with E-state index in [-0.39, 0.29) is 18.0 Å². The highest BCUT2D eigenvalue weighted by molar-refractivity contribution is 6.30. The molecule has 0 unspecified atom stereocenters. The fourth-order valence-corrected chi connectivity index (χ4v) is 3.78. The predicted octanol–water partition coefficient (Wildman–Crippen LogP) is 4.13. The highest BCUT2D eigenvalue weighted by Crippen LogP contribution is 2.54. The third kappa shape index (κ3) is 2.14. The van der Waals surface area contributed by atoms with Crippen LogP contribution in [0, 0.1) is 0 Å². The van der Waals surface area contributed by atoms with Crippen molar-refractivity contribution in [1.29, 1.82) is 0 Å². The van der Waals surface area contributed by atoms with Crippen LogP contribution in [0.15, 0.2) is 24.4 Å². The van der Waals surface area contributed by atoms with Gasteiger partial charge in [-0.1, -0.05) is 17.7 Å². The number of halogens is 4. The lowest BCUT2D eigenvalue weighted by molar-refractivity contribution is -0.137. The Labute approximate surface area is 135 Å². The number of rotatable bonds is 1. The molecule has 2 aliphatic heterocycles. The predicted molar refractivity (Wildman–Crippen MR) is 80.1 cm³/mol. The van der Waals surface area contributed by atoms with Crippen LogP contribution in [0.25, 0.3) is 0 Å². The highest BCUT2D eigenvalue weighted by atomic mass is 35.5. The van der Waals surface area contributed by atoms with E-state index in [4.69, 9.17) is 17.3 Å². The van der Waals surface area contributed by atoms with E-state index in [0.717, 1.165) is 30.2 Å². The molecule has 4 rings (SSSR count). The molecule has 120 valence electrons. The van der Waals surface area contributed by atoms with Crippen molar-refractivity contribution in [2.45, 2.75) is 31.1 Å². The number of aromatic nitrogens is 2. The fraction of sp³-hybridized carbons (Fsp3) is 0.333. The van der Waals surface area contributed by atoms with Crippen LogP contribution in [-0.4, -0.2) is 9.97 Å². The van der Waals surface area contributed by atoms with Crippen molar-refractivity contribution in [2.75, 3.05) is 10.6 Å². The third-order valence-corrected chi connectivity index (χ3v) is 4.77. The first-order valence-corrected chi connectivity index (χ1v) is 7.51. The summed E-state index contributed by atoms with van der Waals surface area (Å²) in [5, 5.41) is -0.572. The zero-order valence-corrected chi connectivity index (χ0v) is 12.6. The molecule has 2 N–H and O–H groups in total. The summed E-state index contributed by atoms with van der Waals surface area (Å²) in [7, 11) is 0. The number of hydrogen-bond acceptors (Lipinski definition) is 4. The summed E-state index contributed by atoms with van der Waals surface area (Å²) in [5.74, 6) is 0.227. The van der Waals surface area contributed by atoms with E-state index < -0.39 is 16.9 Å². The lowest BCUT2D eigenvalue weighted by Crippen LogP contribution is -2.22. The normalized spacial score (nSPS) is 22.5. The number of hydrogen-bond donors (Lipinski definition) is 1. The second kappa shape index (κ2) is 4.74. The Balaban J connectivity index is 1.75. The SMILES string of the molecule is Nc1ccc2c(c1)[C@H]1CC[C@@H]2N1c1ncc(C(F)(F)F)c(Cl)n1. The number of nitrogens with two attached hydrogens (primary N) is 1. The molecule has 1 saturated heterocycles. The quantitative estimate of drug-likeness (QED) is 0.626. The summed E-state index contributed by atoms with van der Waals surface area (Å²) in [6, 6.07) is 5.80. The number of alkyl halides is 3. The average molecular weight is 341 g/mol. The van der Waals surface area contributed by atoms with Gasteiger partial charge in [-0.3, -0.25) is 0 Å². The number of nitrogens with zero attached hydrogens (tertiary/aromatic N) is 3. The first-order chi connectivity index (χ1) is 10.9. The molecular formula is C15H12ClF3N4. The van der Waals surface area contributed by atoms with Gasteiger partial charge in [0.05, 0.1) is 12.1 Å². The van der Waals surface area contributed by atoms with Crippen molar-refractivity contribution in [2.24, 2.45) is 0 Å². The lowest BCUT2D eigenvalue weighted by atomic mass is 9.91. The first kappa shape index (κ1) is 14.6. The van der Waals surface area contributed by atoms with Gasteiger partial charge in [0.15, 0.2) is 0 Å². The Morgan fingerprint density at radius 3 is 2.52 bits per heavy atom. The molecule has 0 radical (unpaired) electrons. The minimum absolute atomic E-state index is 0.0336. The summed E-state index contributed by atoms with van der Waals surface area (Å²) >= 11 is 5.73. The highest BCUT2D eigenvalue weighted by Gasteiger charge is 2.45. The first-order valence-electron chi connectivity index (χ1n) is 7.13. The Hall–Kier alpha value is -2.02. The van der Waals surface area contributed by atoms with E-state index in [1.165, 1.54) is 0 Å². The second-order valence-electron chi connectivity index (χ2n) is 5.78. The van der Waals surface area contributed by atoms with Crippen LogP contribution in [-0.2, 0) is 6.18 Å². The molecule has 0 amide bonds. The minimum atomic E-state index is -4.56. The van der Waals surface area contributed by atoms with Gasteiger partial charge in [-0.25, -0.2) is 9.97 Å². The summed E-state index contributed by atoms with van der Waals surface area (Å²) in [4.78, 5) is 9.75. The molecule has 3 heterocycles. The van der Waals surface area contributed by atoms with Crippen LogP contribution < -0.4 is 10.6 Å². The van der Waals surface area contributed by atoms with Gasteiger partial charge in [-0.05, 0) is 36.1 Å². The lowest BCUT2D eigenvalue weighted by Gasteiger charge is -2.23. The van der Waals surface area contributed by atoms with Crippen LogP contribution in [0.1, 0.15) is 41.6 Å². The number of benzene rings is 1. The Morgan fingerprint density at radius 1 is 1.17 bits per heavy atom. The molecule has 0 spiro atoms. The van der Waals surface area contributed by atoms with E-state index in [0.29, 0.717) is 5.69 Å². The van der Waals surface area contributed by atoms with E-state index in [9.17, 15) is 13.2 Å². The number of nitrogen functional groups attached to an aromatic ring is 1. The van der Waals surface area contributed by atoms with Crippen molar-refractivity contribution >= 4 is 23.2 Å². The molecule has 2 aromatic rings. The molecule has 2 aliphatic rings. The number of anilines is 2. The van der Waals surface area contributed by atoms with E-state index in [2.05, 4.69) is 9.97 Å². The minimum Gasteiger partial charge on any atom is -0.399 e. The van der Waals surface area contributed by atoms with Gasteiger partial charge in [0.1, 0.15) is 10.7 Å². The molecule has 2 bridgehead atoms. The fourth-order valence-electron chi connectivity index (χ4n) is 3.55. The summed E-state index contributed by atoms with van der Waals surface area (Å²) in [6.45, 7) is 0. The Kier molecular flexibility index (Phi) is 3.00. The monoisotopic (exact) mass is 340 g/mol. The van der Waals surface area contributed by atoms with Crippen molar-refractivity contribution in [3.63, 3.8) is 0 Å². The molecule has 0 aliphatic carbocycles. The smallest absolute Gasteiger partial charge is 0.399 e. The molecule has 23 heavy (non-hydrogen) atoms. The molecule has 2 atom stereocenters. The molecule has 1 fully saturated rings. The standard InChI is InChI=1S/C15H12ClF3N4/c16-13-10(15(17,18)19)6-21-14(22-13)23-11-3-4-12(23)9-5-7(20)1-2-8(9)11/h1-2,5-6,11-12H,3-4,20H2/t11-,12+/m0/s1. The molecule has 8 heteroatoms. The van der Waals surface area contributed by atoms with Crippen LogP contribution in [0.2, 0.25) is 5.15 Å². The maximum absolute atomic E-state index is 12.8. The third-order valence-electron chi connectivity index (χ3n) is 4.48. The summed E-state index contributed by atoms with van der Waals surface area (Å²) in [5.41, 5.74) is 7.73. The van der Waals surface area contributed by atoms with Crippen molar-refractivity contribution in [3.8, 4) is 0 Å². The topological polar surface area (TPSA) is 55.0 Å². The van der Waals surface area contributed by atoms with Gasteiger partial charge < -0.3 is 10.6 Å². The van der Waals surface area contributed by atoms with E-state index in [1.807, 2.05) is 23.1 Å². The molecule has 4 nitrogen and oxygen atoms in total.